The number of nitrogens with zero attached hydrogens (tertiary/aromatic N) is 2. The van der Waals surface area contributed by atoms with Crippen LogP contribution < -0.4 is 19.7 Å². The largest absolute Gasteiger partial charge is 0.495 e. The minimum Gasteiger partial charge on any atom is -0.495 e. The van der Waals surface area contributed by atoms with Gasteiger partial charge in [0.05, 0.1) is 49.4 Å². The maximum absolute atomic E-state index is 12.9. The van der Waals surface area contributed by atoms with Crippen molar-refractivity contribution in [2.45, 2.75) is 0 Å². The molecule has 10 nitrogen and oxygen atoms in total. The molecule has 0 atom stereocenters. The number of hydrogen-bond donors (Lipinski definition) is 3. The van der Waals surface area contributed by atoms with E-state index in [1.807, 2.05) is 18.2 Å². The molecule has 11 heteroatoms. The number of nitriles is 1. The SMILES string of the molecule is CNC(=O)c1c(-c2ccc(Nc3cccc(C#N)c3)cc2)oc2cc(N(CCO)S(C)(=O)=O)c(OC)cc12. The van der Waals surface area contributed by atoms with E-state index in [1.54, 1.807) is 36.4 Å². The van der Waals surface area contributed by atoms with Gasteiger partial charge in [0.2, 0.25) is 10.0 Å². The second-order valence-corrected chi connectivity index (χ2v) is 10.3. The maximum atomic E-state index is 12.9. The lowest BCUT2D eigenvalue weighted by molar-refractivity contribution is 0.0964. The average molecular weight is 535 g/mol. The summed E-state index contributed by atoms with van der Waals surface area (Å²) in [4.78, 5) is 12.9. The van der Waals surface area contributed by atoms with Gasteiger partial charge in [-0.25, -0.2) is 8.42 Å². The van der Waals surface area contributed by atoms with Gasteiger partial charge < -0.3 is 24.9 Å². The first kappa shape index (κ1) is 26.5. The molecule has 0 unspecified atom stereocenters. The van der Waals surface area contributed by atoms with Crippen LogP contribution in [0, 0.1) is 11.3 Å². The smallest absolute Gasteiger partial charge is 0.255 e. The zero-order valence-corrected chi connectivity index (χ0v) is 21.8. The van der Waals surface area contributed by atoms with Crippen molar-refractivity contribution in [2.24, 2.45) is 0 Å². The van der Waals surface area contributed by atoms with Crippen LogP contribution in [0.1, 0.15) is 15.9 Å². The van der Waals surface area contributed by atoms with Crippen molar-refractivity contribution in [2.75, 3.05) is 43.2 Å². The maximum Gasteiger partial charge on any atom is 0.255 e. The first-order valence-corrected chi connectivity index (χ1v) is 13.4. The third-order valence-corrected chi connectivity index (χ3v) is 7.02. The van der Waals surface area contributed by atoms with Crippen LogP contribution in [0.15, 0.2) is 65.1 Å². The molecule has 0 aliphatic heterocycles. The normalized spacial score (nSPS) is 11.1. The summed E-state index contributed by atoms with van der Waals surface area (Å²) >= 11 is 0. The van der Waals surface area contributed by atoms with Crippen LogP contribution in [-0.2, 0) is 10.0 Å². The van der Waals surface area contributed by atoms with Crippen molar-refractivity contribution < 1.29 is 27.5 Å². The number of aliphatic hydroxyl groups excluding tert-OH is 1. The van der Waals surface area contributed by atoms with E-state index in [2.05, 4.69) is 16.7 Å². The molecule has 1 aromatic heterocycles. The summed E-state index contributed by atoms with van der Waals surface area (Å²) in [5.74, 6) is 0.108. The number of sulfonamides is 1. The summed E-state index contributed by atoms with van der Waals surface area (Å²) in [5.41, 5.74) is 3.39. The van der Waals surface area contributed by atoms with Gasteiger partial charge in [-0.05, 0) is 48.5 Å². The van der Waals surface area contributed by atoms with Gasteiger partial charge in [0.25, 0.3) is 5.91 Å². The second-order valence-electron chi connectivity index (χ2n) is 8.36. The molecule has 0 radical (unpaired) electrons. The molecule has 3 aromatic carbocycles. The van der Waals surface area contributed by atoms with Gasteiger partial charge >= 0.3 is 0 Å². The van der Waals surface area contributed by atoms with Crippen molar-refractivity contribution >= 4 is 44.0 Å². The molecule has 4 aromatic rings. The van der Waals surface area contributed by atoms with E-state index >= 15 is 0 Å². The number of methoxy groups -OCH3 is 1. The minimum atomic E-state index is -3.75. The molecule has 3 N–H and O–H groups in total. The van der Waals surface area contributed by atoms with Gasteiger partial charge in [0.1, 0.15) is 17.1 Å². The molecule has 0 fully saturated rings. The number of ether oxygens (including phenoxy) is 1. The zero-order chi connectivity index (χ0) is 27.4. The Balaban J connectivity index is 1.81. The highest BCUT2D eigenvalue weighted by Gasteiger charge is 2.27. The van der Waals surface area contributed by atoms with E-state index in [4.69, 9.17) is 14.4 Å². The first-order valence-electron chi connectivity index (χ1n) is 11.5. The molecule has 0 bridgehead atoms. The molecule has 4 rings (SSSR count). The molecule has 0 saturated heterocycles. The molecule has 1 heterocycles. The van der Waals surface area contributed by atoms with Crippen LogP contribution in [-0.4, -0.2) is 53.0 Å². The Labute approximate surface area is 220 Å². The number of nitrogens with one attached hydrogen (secondary N) is 2. The van der Waals surface area contributed by atoms with E-state index in [-0.39, 0.29) is 35.0 Å². The van der Waals surface area contributed by atoms with Crippen LogP contribution in [0.5, 0.6) is 5.75 Å². The highest BCUT2D eigenvalue weighted by Crippen LogP contribution is 2.41. The van der Waals surface area contributed by atoms with Crippen molar-refractivity contribution in [3.05, 3.63) is 71.8 Å². The quantitative estimate of drug-likeness (QED) is 0.294. The van der Waals surface area contributed by atoms with Crippen molar-refractivity contribution in [1.29, 1.82) is 5.26 Å². The average Bonchev–Trinajstić information content (AvgIpc) is 3.28. The number of carbonyl (C=O) groups is 1. The Morgan fingerprint density at radius 2 is 1.87 bits per heavy atom. The lowest BCUT2D eigenvalue weighted by Crippen LogP contribution is -2.32. The van der Waals surface area contributed by atoms with E-state index < -0.39 is 16.6 Å². The number of hydrogen-bond acceptors (Lipinski definition) is 8. The lowest BCUT2D eigenvalue weighted by Gasteiger charge is -2.23. The minimum absolute atomic E-state index is 0.178. The molecular formula is C27H26N4O6S. The standard InChI is InChI=1S/C27H26N4O6S/c1-29-27(33)25-21-14-24(36-2)22(31(11-12-32)38(3,34)35)15-23(21)37-26(25)18-7-9-19(10-8-18)30-20-6-4-5-17(13-20)16-28/h4-10,13-15,30,32H,11-12H2,1-3H3,(H,29,33). The summed E-state index contributed by atoms with van der Waals surface area (Å²) < 4.78 is 37.4. The van der Waals surface area contributed by atoms with Gasteiger partial charge in [0.15, 0.2) is 0 Å². The van der Waals surface area contributed by atoms with Crippen LogP contribution in [0.3, 0.4) is 0 Å². The summed E-state index contributed by atoms with van der Waals surface area (Å²) in [5, 5.41) is 24.9. The van der Waals surface area contributed by atoms with Crippen LogP contribution in [0.2, 0.25) is 0 Å². The highest BCUT2D eigenvalue weighted by atomic mass is 32.2. The molecule has 0 aliphatic rings. The number of benzene rings is 3. The number of fused-ring (bicyclic) bond motifs is 1. The summed E-state index contributed by atoms with van der Waals surface area (Å²) in [7, 11) is -0.848. The Morgan fingerprint density at radius 1 is 1.13 bits per heavy atom. The van der Waals surface area contributed by atoms with Crippen molar-refractivity contribution in [3.8, 4) is 23.1 Å². The van der Waals surface area contributed by atoms with Crippen LogP contribution in [0.25, 0.3) is 22.3 Å². The fourth-order valence-electron chi connectivity index (χ4n) is 4.12. The number of anilines is 3. The lowest BCUT2D eigenvalue weighted by atomic mass is 10.0. The molecule has 196 valence electrons. The predicted octanol–water partition coefficient (Wildman–Crippen LogP) is 3.84. The van der Waals surface area contributed by atoms with E-state index in [9.17, 15) is 18.3 Å². The molecule has 1 amide bonds. The van der Waals surface area contributed by atoms with Crippen LogP contribution in [0.4, 0.5) is 17.1 Å². The molecule has 0 saturated carbocycles. The van der Waals surface area contributed by atoms with E-state index in [1.165, 1.54) is 20.2 Å². The summed E-state index contributed by atoms with van der Waals surface area (Å²) in [6, 6.07) is 19.4. The Morgan fingerprint density at radius 3 is 2.47 bits per heavy atom. The molecule has 0 spiro atoms. The fourth-order valence-corrected chi connectivity index (χ4v) is 5.03. The third-order valence-electron chi connectivity index (χ3n) is 5.84. The third kappa shape index (κ3) is 5.27. The number of furan rings is 1. The van der Waals surface area contributed by atoms with E-state index in [0.29, 0.717) is 22.3 Å². The van der Waals surface area contributed by atoms with Crippen molar-refractivity contribution in [3.63, 3.8) is 0 Å². The summed E-state index contributed by atoms with van der Waals surface area (Å²) in [6.07, 6.45) is 1.03. The Bertz CT molecular complexity index is 1640. The topological polar surface area (TPSA) is 145 Å². The molecular weight excluding hydrogens is 508 g/mol. The monoisotopic (exact) mass is 534 g/mol. The van der Waals surface area contributed by atoms with Crippen LogP contribution >= 0.6 is 0 Å². The zero-order valence-electron chi connectivity index (χ0n) is 21.0. The second kappa shape index (κ2) is 10.8. The Hall–Kier alpha value is -4.53. The Kier molecular flexibility index (Phi) is 7.57. The van der Waals surface area contributed by atoms with Gasteiger partial charge in [0, 0.05) is 35.4 Å². The predicted molar refractivity (Wildman–Crippen MR) is 145 cm³/mol. The van der Waals surface area contributed by atoms with Gasteiger partial charge in [-0.2, -0.15) is 5.26 Å². The van der Waals surface area contributed by atoms with Gasteiger partial charge in [-0.3, -0.25) is 9.10 Å². The highest BCUT2D eigenvalue weighted by molar-refractivity contribution is 7.92. The van der Waals surface area contributed by atoms with Crippen molar-refractivity contribution in [1.82, 2.24) is 5.32 Å². The molecule has 38 heavy (non-hydrogen) atoms. The molecule has 0 aliphatic carbocycles. The fraction of sp³-hybridized carbons (Fsp3) is 0.185. The number of amides is 1. The number of aliphatic hydroxyl groups is 1. The van der Waals surface area contributed by atoms with E-state index in [0.717, 1.165) is 21.9 Å². The number of rotatable bonds is 9. The summed E-state index contributed by atoms with van der Waals surface area (Å²) in [6.45, 7) is -0.579. The first-order chi connectivity index (χ1) is 18.2. The van der Waals surface area contributed by atoms with Gasteiger partial charge in [-0.1, -0.05) is 6.07 Å². The number of carbonyl (C=O) groups excluding carboxylic acids is 1. The van der Waals surface area contributed by atoms with Gasteiger partial charge in [-0.15, -0.1) is 0 Å².